The van der Waals surface area contributed by atoms with Crippen LogP contribution in [0.5, 0.6) is 5.75 Å². The van der Waals surface area contributed by atoms with Crippen molar-refractivity contribution in [3.05, 3.63) is 89.7 Å². The molecule has 1 unspecified atom stereocenters. The van der Waals surface area contributed by atoms with E-state index in [1.165, 1.54) is 12.1 Å². The van der Waals surface area contributed by atoms with Crippen molar-refractivity contribution < 1.29 is 13.9 Å². The van der Waals surface area contributed by atoms with Gasteiger partial charge < -0.3 is 20.5 Å². The Labute approximate surface area is 162 Å². The number of hydrogen-bond acceptors (Lipinski definition) is 5. The average molecular weight is 377 g/mol. The molecule has 0 saturated carbocycles. The van der Waals surface area contributed by atoms with E-state index in [9.17, 15) is 4.39 Å². The van der Waals surface area contributed by atoms with Crippen LogP contribution in [0, 0.1) is 5.82 Å². The van der Waals surface area contributed by atoms with Gasteiger partial charge in [-0.15, -0.1) is 0 Å². The van der Waals surface area contributed by atoms with E-state index in [1.807, 2.05) is 48.5 Å². The number of halogens is 1. The molecule has 0 amide bonds. The lowest BCUT2D eigenvalue weighted by molar-refractivity contribution is 0.278. The van der Waals surface area contributed by atoms with Crippen LogP contribution in [0.1, 0.15) is 11.1 Å². The van der Waals surface area contributed by atoms with Gasteiger partial charge in [-0.25, -0.2) is 9.38 Å². The van der Waals surface area contributed by atoms with E-state index in [1.54, 1.807) is 19.2 Å². The lowest BCUT2D eigenvalue weighted by atomic mass is 9.84. The average Bonchev–Trinajstić information content (AvgIpc) is 3.12. The standard InChI is InChI=1S/C22H20FN3O2/c1-27-20-7-3-6-19(13-20)25-18-5-2-4-16(12-18)22(14-28-21(24)26-22)15-8-10-17(23)11-9-15/h2-13,25H,14H2,1H3,(H2,24,26). The zero-order chi connectivity index (χ0) is 19.6. The van der Waals surface area contributed by atoms with Crippen LogP contribution in [0.15, 0.2) is 77.8 Å². The second-order valence-corrected chi connectivity index (χ2v) is 6.54. The fourth-order valence-electron chi connectivity index (χ4n) is 3.34. The fraction of sp³-hybridized carbons (Fsp3) is 0.136. The van der Waals surface area contributed by atoms with Gasteiger partial charge in [-0.3, -0.25) is 0 Å². The summed E-state index contributed by atoms with van der Waals surface area (Å²) in [6, 6.07) is 21.9. The second-order valence-electron chi connectivity index (χ2n) is 6.54. The molecule has 3 N–H and O–H groups in total. The number of nitrogens with zero attached hydrogens (tertiary/aromatic N) is 1. The zero-order valence-corrected chi connectivity index (χ0v) is 15.4. The number of anilines is 2. The van der Waals surface area contributed by atoms with E-state index >= 15 is 0 Å². The van der Waals surface area contributed by atoms with Gasteiger partial charge in [0, 0.05) is 17.4 Å². The Morgan fingerprint density at radius 2 is 1.71 bits per heavy atom. The molecule has 1 heterocycles. The molecule has 0 bridgehead atoms. The number of amidine groups is 1. The van der Waals surface area contributed by atoms with Crippen molar-refractivity contribution in [1.82, 2.24) is 0 Å². The van der Waals surface area contributed by atoms with Gasteiger partial charge in [-0.2, -0.15) is 0 Å². The maximum atomic E-state index is 13.4. The van der Waals surface area contributed by atoms with Crippen LogP contribution < -0.4 is 15.8 Å². The zero-order valence-electron chi connectivity index (χ0n) is 15.4. The lowest BCUT2D eigenvalue weighted by Gasteiger charge is -2.26. The van der Waals surface area contributed by atoms with Crippen LogP contribution in [0.25, 0.3) is 0 Å². The largest absolute Gasteiger partial charge is 0.497 e. The molecule has 1 atom stereocenters. The quantitative estimate of drug-likeness (QED) is 0.700. The Morgan fingerprint density at radius 1 is 1.00 bits per heavy atom. The summed E-state index contributed by atoms with van der Waals surface area (Å²) in [4.78, 5) is 4.57. The number of benzene rings is 3. The van der Waals surface area contributed by atoms with Crippen molar-refractivity contribution in [2.24, 2.45) is 10.7 Å². The summed E-state index contributed by atoms with van der Waals surface area (Å²) in [5, 5.41) is 3.37. The minimum atomic E-state index is -0.816. The third-order valence-corrected chi connectivity index (χ3v) is 4.75. The van der Waals surface area contributed by atoms with E-state index in [0.717, 1.165) is 28.3 Å². The predicted octanol–water partition coefficient (Wildman–Crippen LogP) is 4.17. The van der Waals surface area contributed by atoms with Crippen molar-refractivity contribution in [1.29, 1.82) is 0 Å². The SMILES string of the molecule is COc1cccc(Nc2cccc(C3(c4ccc(F)cc4)COC(N)=N3)c2)c1. The molecule has 0 aromatic heterocycles. The highest BCUT2D eigenvalue weighted by Crippen LogP contribution is 2.38. The highest BCUT2D eigenvalue weighted by molar-refractivity contribution is 5.75. The predicted molar refractivity (Wildman–Crippen MR) is 107 cm³/mol. The number of rotatable bonds is 5. The Kier molecular flexibility index (Phi) is 4.61. The van der Waals surface area contributed by atoms with Crippen molar-refractivity contribution in [2.75, 3.05) is 19.0 Å². The first-order valence-corrected chi connectivity index (χ1v) is 8.85. The molecule has 0 radical (unpaired) electrons. The van der Waals surface area contributed by atoms with Crippen LogP contribution in [0.4, 0.5) is 15.8 Å². The first-order valence-electron chi connectivity index (χ1n) is 8.85. The topological polar surface area (TPSA) is 68.9 Å². The minimum Gasteiger partial charge on any atom is -0.497 e. The van der Waals surface area contributed by atoms with Crippen LogP contribution in [-0.4, -0.2) is 19.7 Å². The summed E-state index contributed by atoms with van der Waals surface area (Å²) in [5.41, 5.74) is 8.51. The van der Waals surface area contributed by atoms with Gasteiger partial charge in [0.1, 0.15) is 18.2 Å². The van der Waals surface area contributed by atoms with Gasteiger partial charge in [0.2, 0.25) is 0 Å². The van der Waals surface area contributed by atoms with Gasteiger partial charge in [0.15, 0.2) is 5.54 Å². The number of hydrogen-bond donors (Lipinski definition) is 2. The van der Waals surface area contributed by atoms with E-state index < -0.39 is 5.54 Å². The molecule has 0 saturated heterocycles. The Balaban J connectivity index is 1.72. The number of nitrogens with two attached hydrogens (primary N) is 1. The molecule has 1 aliphatic heterocycles. The minimum absolute atomic E-state index is 0.121. The number of aliphatic imine (C=N–C) groups is 1. The summed E-state index contributed by atoms with van der Waals surface area (Å²) in [7, 11) is 1.63. The van der Waals surface area contributed by atoms with Crippen LogP contribution in [0.3, 0.4) is 0 Å². The van der Waals surface area contributed by atoms with Gasteiger partial charge in [-0.05, 0) is 47.5 Å². The third-order valence-electron chi connectivity index (χ3n) is 4.75. The van der Waals surface area contributed by atoms with Gasteiger partial charge >= 0.3 is 0 Å². The normalized spacial score (nSPS) is 18.3. The van der Waals surface area contributed by atoms with Crippen LogP contribution >= 0.6 is 0 Å². The first-order chi connectivity index (χ1) is 13.6. The molecule has 0 aliphatic carbocycles. The number of methoxy groups -OCH3 is 1. The molecule has 3 aromatic carbocycles. The van der Waals surface area contributed by atoms with Gasteiger partial charge in [0.25, 0.3) is 6.02 Å². The summed E-state index contributed by atoms with van der Waals surface area (Å²) in [5.74, 6) is 0.466. The molecule has 0 spiro atoms. The molecular weight excluding hydrogens is 357 g/mol. The molecule has 142 valence electrons. The molecule has 0 fully saturated rings. The fourth-order valence-corrected chi connectivity index (χ4v) is 3.34. The number of ether oxygens (including phenoxy) is 2. The lowest BCUT2D eigenvalue weighted by Crippen LogP contribution is -2.27. The molecule has 3 aromatic rings. The second kappa shape index (κ2) is 7.23. The van der Waals surface area contributed by atoms with E-state index in [0.29, 0.717) is 0 Å². The van der Waals surface area contributed by atoms with Gasteiger partial charge in [-0.1, -0.05) is 30.3 Å². The van der Waals surface area contributed by atoms with Crippen LogP contribution in [-0.2, 0) is 10.3 Å². The van der Waals surface area contributed by atoms with Crippen LogP contribution in [0.2, 0.25) is 0 Å². The summed E-state index contributed by atoms with van der Waals surface area (Å²) < 4.78 is 24.2. The van der Waals surface area contributed by atoms with E-state index in [-0.39, 0.29) is 18.4 Å². The van der Waals surface area contributed by atoms with Crippen molar-refractivity contribution >= 4 is 17.4 Å². The molecule has 4 rings (SSSR count). The van der Waals surface area contributed by atoms with E-state index in [4.69, 9.17) is 15.2 Å². The highest BCUT2D eigenvalue weighted by atomic mass is 19.1. The van der Waals surface area contributed by atoms with Crippen molar-refractivity contribution in [2.45, 2.75) is 5.54 Å². The molecule has 1 aliphatic rings. The highest BCUT2D eigenvalue weighted by Gasteiger charge is 2.40. The van der Waals surface area contributed by atoms with Crippen molar-refractivity contribution in [3.8, 4) is 5.75 Å². The third kappa shape index (κ3) is 3.36. The maximum absolute atomic E-state index is 13.4. The maximum Gasteiger partial charge on any atom is 0.283 e. The summed E-state index contributed by atoms with van der Waals surface area (Å²) >= 11 is 0. The number of nitrogens with one attached hydrogen (secondary N) is 1. The van der Waals surface area contributed by atoms with Gasteiger partial charge in [0.05, 0.1) is 7.11 Å². The first kappa shape index (κ1) is 17.9. The molecule has 6 heteroatoms. The Morgan fingerprint density at radius 3 is 2.39 bits per heavy atom. The Hall–Kier alpha value is -3.54. The molecule has 5 nitrogen and oxygen atoms in total. The Bertz CT molecular complexity index is 1020. The summed E-state index contributed by atoms with van der Waals surface area (Å²) in [6.07, 6.45) is 0. The van der Waals surface area contributed by atoms with Crippen molar-refractivity contribution in [3.63, 3.8) is 0 Å². The van der Waals surface area contributed by atoms with E-state index in [2.05, 4.69) is 10.3 Å². The summed E-state index contributed by atoms with van der Waals surface area (Å²) in [6.45, 7) is 0.257. The molecular formula is C22H20FN3O2. The monoisotopic (exact) mass is 377 g/mol. The molecule has 28 heavy (non-hydrogen) atoms. The smallest absolute Gasteiger partial charge is 0.283 e.